The molecule has 2 heterocycles. The molecule has 0 aliphatic rings. The Balaban J connectivity index is 1.77. The number of hydrogen-bond donors (Lipinski definition) is 2. The Bertz CT molecular complexity index is 758. The van der Waals surface area contributed by atoms with Gasteiger partial charge in [0.05, 0.1) is 14.2 Å². The summed E-state index contributed by atoms with van der Waals surface area (Å²) in [4.78, 5) is 4.37. The van der Waals surface area contributed by atoms with Gasteiger partial charge in [0.1, 0.15) is 11.6 Å². The summed E-state index contributed by atoms with van der Waals surface area (Å²) in [5.41, 5.74) is 1.90. The lowest BCUT2D eigenvalue weighted by molar-refractivity contribution is 0.398. The lowest BCUT2D eigenvalue weighted by Gasteiger charge is -2.09. The third kappa shape index (κ3) is 3.54. The number of ether oxygens (including phenoxy) is 2. The molecule has 0 amide bonds. The number of benzene rings is 1. The quantitative estimate of drug-likeness (QED) is 0.717. The van der Waals surface area contributed by atoms with Gasteiger partial charge in [-0.2, -0.15) is 4.98 Å². The summed E-state index contributed by atoms with van der Waals surface area (Å²) in [5.74, 6) is 2.54. The molecule has 8 heteroatoms. The molecule has 0 aliphatic carbocycles. The molecular weight excluding hydrogens is 296 g/mol. The predicted molar refractivity (Wildman–Crippen MR) is 84.3 cm³/mol. The number of aromatic amines is 1. The van der Waals surface area contributed by atoms with Crippen molar-refractivity contribution in [3.63, 3.8) is 0 Å². The van der Waals surface area contributed by atoms with E-state index in [1.54, 1.807) is 20.3 Å². The summed E-state index contributed by atoms with van der Waals surface area (Å²) in [5, 5.41) is 17.0. The monoisotopic (exact) mass is 312 g/mol. The number of anilines is 1. The van der Waals surface area contributed by atoms with Crippen LogP contribution in [-0.4, -0.2) is 39.8 Å². The number of aromatic nitrogens is 5. The molecule has 118 valence electrons. The molecule has 0 aliphatic heterocycles. The molecule has 2 N–H and O–H groups in total. The van der Waals surface area contributed by atoms with Crippen LogP contribution in [0, 0.1) is 0 Å². The summed E-state index contributed by atoms with van der Waals surface area (Å²) in [7, 11) is 3.21. The van der Waals surface area contributed by atoms with Crippen molar-refractivity contribution in [2.45, 2.75) is 6.54 Å². The minimum absolute atomic E-state index is 0.483. The first-order chi connectivity index (χ1) is 11.3. The number of tetrazole rings is 1. The molecule has 2 aromatic heterocycles. The lowest BCUT2D eigenvalue weighted by Crippen LogP contribution is -2.03. The lowest BCUT2D eigenvalue weighted by atomic mass is 10.2. The maximum absolute atomic E-state index is 5.23. The first-order valence-corrected chi connectivity index (χ1v) is 6.95. The highest BCUT2D eigenvalue weighted by atomic mass is 16.5. The molecule has 8 nitrogen and oxygen atoms in total. The third-order valence-electron chi connectivity index (χ3n) is 3.26. The summed E-state index contributed by atoms with van der Waals surface area (Å²) in [6.07, 6.45) is 0. The van der Waals surface area contributed by atoms with Gasteiger partial charge in [0.2, 0.25) is 5.88 Å². The number of methoxy groups -OCH3 is 2. The number of nitrogens with zero attached hydrogens (tertiary/aromatic N) is 4. The van der Waals surface area contributed by atoms with Gasteiger partial charge in [-0.15, -0.1) is 5.10 Å². The van der Waals surface area contributed by atoms with Gasteiger partial charge in [-0.3, -0.25) is 0 Å². The summed E-state index contributed by atoms with van der Waals surface area (Å²) in [6.45, 7) is 0.623. The largest absolute Gasteiger partial charge is 0.497 e. The Kier molecular flexibility index (Phi) is 4.32. The van der Waals surface area contributed by atoms with Crippen molar-refractivity contribution >= 4 is 5.82 Å². The van der Waals surface area contributed by atoms with Crippen LogP contribution in [0.15, 0.2) is 36.4 Å². The van der Waals surface area contributed by atoms with Crippen molar-refractivity contribution in [2.75, 3.05) is 19.5 Å². The third-order valence-corrected chi connectivity index (χ3v) is 3.26. The highest BCUT2D eigenvalue weighted by Gasteiger charge is 2.08. The molecule has 23 heavy (non-hydrogen) atoms. The van der Waals surface area contributed by atoms with Crippen LogP contribution in [0.25, 0.3) is 11.4 Å². The van der Waals surface area contributed by atoms with Crippen LogP contribution in [0.4, 0.5) is 5.82 Å². The van der Waals surface area contributed by atoms with Gasteiger partial charge >= 0.3 is 0 Å². The molecule has 1 aromatic carbocycles. The SMILES string of the molecule is COc1ccc(CNc2cc(-c3nnn[nH]3)cc(OC)n2)cc1. The normalized spacial score (nSPS) is 10.3. The maximum Gasteiger partial charge on any atom is 0.215 e. The molecule has 3 rings (SSSR count). The van der Waals surface area contributed by atoms with E-state index >= 15 is 0 Å². The highest BCUT2D eigenvalue weighted by Crippen LogP contribution is 2.23. The standard InChI is InChI=1S/C15H16N6O2/c1-22-12-5-3-10(4-6-12)9-16-13-7-11(8-14(17-13)23-2)15-18-20-21-19-15/h3-8H,9H2,1-2H3,(H,16,17)(H,18,19,20,21). The van der Waals surface area contributed by atoms with E-state index in [9.17, 15) is 0 Å². The van der Waals surface area contributed by atoms with Crippen LogP contribution >= 0.6 is 0 Å². The molecule has 0 atom stereocenters. The van der Waals surface area contributed by atoms with E-state index in [0.29, 0.717) is 24.1 Å². The van der Waals surface area contributed by atoms with E-state index in [1.807, 2.05) is 30.3 Å². The van der Waals surface area contributed by atoms with Crippen LogP contribution in [0.5, 0.6) is 11.6 Å². The smallest absolute Gasteiger partial charge is 0.215 e. The zero-order chi connectivity index (χ0) is 16.1. The Morgan fingerprint density at radius 2 is 1.91 bits per heavy atom. The van der Waals surface area contributed by atoms with Crippen LogP contribution in [0.3, 0.4) is 0 Å². The number of pyridine rings is 1. The first kappa shape index (κ1) is 14.8. The molecule has 0 saturated heterocycles. The minimum atomic E-state index is 0.483. The summed E-state index contributed by atoms with van der Waals surface area (Å²) >= 11 is 0. The Labute approximate surface area is 132 Å². The zero-order valence-corrected chi connectivity index (χ0v) is 12.8. The van der Waals surface area contributed by atoms with Crippen LogP contribution in [-0.2, 0) is 6.54 Å². The highest BCUT2D eigenvalue weighted by molar-refractivity contribution is 5.61. The molecule has 0 saturated carbocycles. The Morgan fingerprint density at radius 3 is 2.57 bits per heavy atom. The Morgan fingerprint density at radius 1 is 1.09 bits per heavy atom. The average Bonchev–Trinajstić information content (AvgIpc) is 3.15. The summed E-state index contributed by atoms with van der Waals surface area (Å²) in [6, 6.07) is 11.4. The Hall–Kier alpha value is -3.16. The van der Waals surface area contributed by atoms with Gasteiger partial charge in [-0.1, -0.05) is 12.1 Å². The summed E-state index contributed by atoms with van der Waals surface area (Å²) < 4.78 is 10.4. The number of nitrogens with one attached hydrogen (secondary N) is 2. The van der Waals surface area contributed by atoms with Crippen LogP contribution in [0.1, 0.15) is 5.56 Å². The van der Waals surface area contributed by atoms with Crippen molar-refractivity contribution in [2.24, 2.45) is 0 Å². The van der Waals surface area contributed by atoms with E-state index < -0.39 is 0 Å². The maximum atomic E-state index is 5.23. The van der Waals surface area contributed by atoms with Crippen molar-refractivity contribution in [1.82, 2.24) is 25.6 Å². The van der Waals surface area contributed by atoms with E-state index in [-0.39, 0.29) is 0 Å². The van der Waals surface area contributed by atoms with E-state index in [1.165, 1.54) is 0 Å². The van der Waals surface area contributed by atoms with Crippen molar-refractivity contribution in [3.05, 3.63) is 42.0 Å². The van der Waals surface area contributed by atoms with E-state index in [0.717, 1.165) is 16.9 Å². The van der Waals surface area contributed by atoms with Gasteiger partial charge in [-0.25, -0.2) is 5.10 Å². The topological polar surface area (TPSA) is 97.8 Å². The molecule has 3 aromatic rings. The van der Waals surface area contributed by atoms with Gasteiger partial charge < -0.3 is 14.8 Å². The van der Waals surface area contributed by atoms with Crippen LogP contribution in [0.2, 0.25) is 0 Å². The number of H-pyrrole nitrogens is 1. The molecular formula is C15H16N6O2. The van der Waals surface area contributed by atoms with E-state index in [4.69, 9.17) is 9.47 Å². The second-order valence-electron chi connectivity index (χ2n) is 4.73. The number of rotatable bonds is 6. The fourth-order valence-corrected chi connectivity index (χ4v) is 2.05. The number of hydrogen-bond acceptors (Lipinski definition) is 7. The minimum Gasteiger partial charge on any atom is -0.497 e. The zero-order valence-electron chi connectivity index (χ0n) is 12.8. The van der Waals surface area contributed by atoms with Crippen molar-refractivity contribution < 1.29 is 9.47 Å². The molecule has 0 fully saturated rings. The second-order valence-corrected chi connectivity index (χ2v) is 4.73. The molecule has 0 radical (unpaired) electrons. The van der Waals surface area contributed by atoms with Crippen LogP contribution < -0.4 is 14.8 Å². The fraction of sp³-hybridized carbons (Fsp3) is 0.200. The average molecular weight is 312 g/mol. The van der Waals surface area contributed by atoms with Crippen molar-refractivity contribution in [1.29, 1.82) is 0 Å². The molecule has 0 bridgehead atoms. The first-order valence-electron chi connectivity index (χ1n) is 6.95. The van der Waals surface area contributed by atoms with Gasteiger partial charge in [0.25, 0.3) is 0 Å². The van der Waals surface area contributed by atoms with E-state index in [2.05, 4.69) is 30.9 Å². The van der Waals surface area contributed by atoms with Gasteiger partial charge in [0.15, 0.2) is 5.82 Å². The second kappa shape index (κ2) is 6.73. The predicted octanol–water partition coefficient (Wildman–Crippen LogP) is 1.89. The van der Waals surface area contributed by atoms with Gasteiger partial charge in [-0.05, 0) is 34.2 Å². The van der Waals surface area contributed by atoms with Crippen molar-refractivity contribution in [3.8, 4) is 23.0 Å². The molecule has 0 spiro atoms. The fourth-order valence-electron chi connectivity index (χ4n) is 2.05. The van der Waals surface area contributed by atoms with Gasteiger partial charge in [0, 0.05) is 18.2 Å². The molecule has 0 unspecified atom stereocenters.